The molecule has 8 nitrogen and oxygen atoms in total. The second-order valence-corrected chi connectivity index (χ2v) is 8.62. The standard InChI is InChI=1S/C28H34O8/c1-3-5-6-7-8-9-10-24(36-28(34)22-17-13-20(14-18-22)26(31)32)23(4-2)35-27(33)21-15-11-19(12-16-21)25(29)30/h11-18,23-24H,3-10H2,1-2H3,(H,29,30)(H,31,32). The van der Waals surface area contributed by atoms with Gasteiger partial charge in [-0.1, -0.05) is 46.0 Å². The predicted molar refractivity (Wildman–Crippen MR) is 133 cm³/mol. The fourth-order valence-electron chi connectivity index (χ4n) is 3.78. The molecule has 2 aromatic rings. The molecule has 0 spiro atoms. The number of carboxylic acids is 2. The Hall–Kier alpha value is -3.68. The van der Waals surface area contributed by atoms with Gasteiger partial charge in [0.05, 0.1) is 22.3 Å². The average Bonchev–Trinajstić information content (AvgIpc) is 2.88. The molecule has 2 aromatic carbocycles. The molecule has 194 valence electrons. The number of carboxylic acid groups (broad SMARTS) is 2. The lowest BCUT2D eigenvalue weighted by Crippen LogP contribution is -2.35. The van der Waals surface area contributed by atoms with Crippen LogP contribution in [0.4, 0.5) is 0 Å². The SMILES string of the molecule is CCCCCCCCC(OC(=O)c1ccc(C(=O)O)cc1)C(CC)OC(=O)c1ccc(C(=O)O)cc1. The van der Waals surface area contributed by atoms with Crippen molar-refractivity contribution in [1.29, 1.82) is 0 Å². The number of carbonyl (C=O) groups excluding carboxylic acids is 2. The number of rotatable bonds is 15. The van der Waals surface area contributed by atoms with E-state index in [1.165, 1.54) is 55.0 Å². The average molecular weight is 499 g/mol. The molecule has 0 bridgehead atoms. The summed E-state index contributed by atoms with van der Waals surface area (Å²) in [6.07, 6.45) is 5.79. The van der Waals surface area contributed by atoms with Gasteiger partial charge in [0.25, 0.3) is 0 Å². The van der Waals surface area contributed by atoms with Crippen LogP contribution in [-0.2, 0) is 9.47 Å². The predicted octanol–water partition coefficient (Wildman–Crippen LogP) is 5.99. The third-order valence-electron chi connectivity index (χ3n) is 5.91. The molecular formula is C28H34O8. The van der Waals surface area contributed by atoms with E-state index in [9.17, 15) is 19.2 Å². The molecule has 0 aliphatic heterocycles. The van der Waals surface area contributed by atoms with Crippen molar-refractivity contribution in [3.63, 3.8) is 0 Å². The van der Waals surface area contributed by atoms with Crippen LogP contribution in [0.2, 0.25) is 0 Å². The van der Waals surface area contributed by atoms with Crippen molar-refractivity contribution in [2.24, 2.45) is 0 Å². The minimum absolute atomic E-state index is 0.0578. The van der Waals surface area contributed by atoms with E-state index in [4.69, 9.17) is 19.7 Å². The molecule has 2 atom stereocenters. The van der Waals surface area contributed by atoms with Crippen LogP contribution in [-0.4, -0.2) is 46.3 Å². The Morgan fingerprint density at radius 3 is 1.42 bits per heavy atom. The van der Waals surface area contributed by atoms with Crippen molar-refractivity contribution in [3.05, 3.63) is 70.8 Å². The third-order valence-corrected chi connectivity index (χ3v) is 5.91. The highest BCUT2D eigenvalue weighted by molar-refractivity contribution is 5.93. The van der Waals surface area contributed by atoms with Gasteiger partial charge in [0, 0.05) is 0 Å². The normalized spacial score (nSPS) is 12.4. The molecule has 0 amide bonds. The van der Waals surface area contributed by atoms with Gasteiger partial charge in [-0.2, -0.15) is 0 Å². The summed E-state index contributed by atoms with van der Waals surface area (Å²) in [5.41, 5.74) is 0.526. The largest absolute Gasteiger partial charge is 0.478 e. The molecule has 0 aromatic heterocycles. The van der Waals surface area contributed by atoms with Gasteiger partial charge in [-0.05, 0) is 67.8 Å². The second kappa shape index (κ2) is 14.7. The summed E-state index contributed by atoms with van der Waals surface area (Å²) in [4.78, 5) is 47.7. The van der Waals surface area contributed by atoms with Gasteiger partial charge < -0.3 is 19.7 Å². The fourth-order valence-corrected chi connectivity index (χ4v) is 3.78. The first-order chi connectivity index (χ1) is 17.3. The molecule has 0 fully saturated rings. The minimum atomic E-state index is -1.09. The van der Waals surface area contributed by atoms with Crippen molar-refractivity contribution >= 4 is 23.9 Å². The molecule has 2 unspecified atom stereocenters. The Morgan fingerprint density at radius 1 is 0.611 bits per heavy atom. The Labute approximate surface area is 211 Å². The molecule has 0 radical (unpaired) electrons. The van der Waals surface area contributed by atoms with Crippen LogP contribution in [0.15, 0.2) is 48.5 Å². The van der Waals surface area contributed by atoms with Gasteiger partial charge in [0.15, 0.2) is 0 Å². The van der Waals surface area contributed by atoms with Crippen molar-refractivity contribution in [2.75, 3.05) is 0 Å². The van der Waals surface area contributed by atoms with Crippen LogP contribution in [0.3, 0.4) is 0 Å². The molecule has 0 aliphatic rings. The fraction of sp³-hybridized carbons (Fsp3) is 0.429. The summed E-state index contributed by atoms with van der Waals surface area (Å²) >= 11 is 0. The molecule has 2 N–H and O–H groups in total. The zero-order chi connectivity index (χ0) is 26.5. The lowest BCUT2D eigenvalue weighted by Gasteiger charge is -2.26. The topological polar surface area (TPSA) is 127 Å². The number of benzene rings is 2. The molecule has 0 aliphatic carbocycles. The number of esters is 2. The first-order valence-electron chi connectivity index (χ1n) is 12.4. The zero-order valence-corrected chi connectivity index (χ0v) is 20.8. The second-order valence-electron chi connectivity index (χ2n) is 8.62. The number of hydrogen-bond donors (Lipinski definition) is 2. The third kappa shape index (κ3) is 8.83. The van der Waals surface area contributed by atoms with E-state index >= 15 is 0 Å². The van der Waals surface area contributed by atoms with Crippen molar-refractivity contribution in [2.45, 2.75) is 77.4 Å². The first kappa shape index (κ1) is 28.6. The van der Waals surface area contributed by atoms with E-state index in [2.05, 4.69) is 6.92 Å². The summed E-state index contributed by atoms with van der Waals surface area (Å²) in [5.74, 6) is -3.44. The number of unbranched alkanes of at least 4 members (excludes halogenated alkanes) is 5. The maximum absolute atomic E-state index is 12.8. The van der Waals surface area contributed by atoms with Gasteiger partial charge >= 0.3 is 23.9 Å². The summed E-state index contributed by atoms with van der Waals surface area (Å²) in [6.45, 7) is 3.98. The molecule has 2 rings (SSSR count). The van der Waals surface area contributed by atoms with E-state index < -0.39 is 36.1 Å². The zero-order valence-electron chi connectivity index (χ0n) is 20.8. The summed E-state index contributed by atoms with van der Waals surface area (Å²) < 4.78 is 11.5. The molecule has 0 heterocycles. The molecular weight excluding hydrogens is 464 g/mol. The van der Waals surface area contributed by atoms with Crippen LogP contribution < -0.4 is 0 Å². The van der Waals surface area contributed by atoms with Crippen LogP contribution in [0.1, 0.15) is 107 Å². The van der Waals surface area contributed by atoms with Gasteiger partial charge in [-0.15, -0.1) is 0 Å². The van der Waals surface area contributed by atoms with Gasteiger partial charge in [-0.25, -0.2) is 19.2 Å². The summed E-state index contributed by atoms with van der Waals surface area (Å²) in [5, 5.41) is 18.1. The van der Waals surface area contributed by atoms with Crippen LogP contribution in [0.5, 0.6) is 0 Å². The Balaban J connectivity index is 2.12. The van der Waals surface area contributed by atoms with Gasteiger partial charge in [0.1, 0.15) is 12.2 Å². The molecule has 8 heteroatoms. The first-order valence-corrected chi connectivity index (χ1v) is 12.4. The highest BCUT2D eigenvalue weighted by Crippen LogP contribution is 2.21. The van der Waals surface area contributed by atoms with Gasteiger partial charge in [0.2, 0.25) is 0 Å². The Bertz CT molecular complexity index is 1010. The van der Waals surface area contributed by atoms with Crippen LogP contribution in [0, 0.1) is 0 Å². The van der Waals surface area contributed by atoms with E-state index in [0.29, 0.717) is 12.8 Å². The number of ether oxygens (including phenoxy) is 2. The summed E-state index contributed by atoms with van der Waals surface area (Å²) in [6, 6.07) is 10.9. The lowest BCUT2D eigenvalue weighted by molar-refractivity contribution is -0.0403. The quantitative estimate of drug-likeness (QED) is 0.226. The lowest BCUT2D eigenvalue weighted by atomic mass is 10.0. The highest BCUT2D eigenvalue weighted by Gasteiger charge is 2.28. The van der Waals surface area contributed by atoms with Crippen LogP contribution in [0.25, 0.3) is 0 Å². The maximum atomic E-state index is 12.8. The highest BCUT2D eigenvalue weighted by atomic mass is 16.6. The Morgan fingerprint density at radius 2 is 1.00 bits per heavy atom. The number of carbonyl (C=O) groups is 4. The van der Waals surface area contributed by atoms with E-state index in [1.54, 1.807) is 0 Å². The van der Waals surface area contributed by atoms with Crippen molar-refractivity contribution in [3.8, 4) is 0 Å². The van der Waals surface area contributed by atoms with E-state index in [-0.39, 0.29) is 22.3 Å². The molecule has 36 heavy (non-hydrogen) atoms. The van der Waals surface area contributed by atoms with Crippen molar-refractivity contribution in [1.82, 2.24) is 0 Å². The van der Waals surface area contributed by atoms with Crippen molar-refractivity contribution < 1.29 is 38.9 Å². The number of aromatic carboxylic acids is 2. The minimum Gasteiger partial charge on any atom is -0.478 e. The number of hydrogen-bond acceptors (Lipinski definition) is 6. The smallest absolute Gasteiger partial charge is 0.338 e. The maximum Gasteiger partial charge on any atom is 0.338 e. The molecule has 0 saturated heterocycles. The van der Waals surface area contributed by atoms with Crippen LogP contribution >= 0.6 is 0 Å². The molecule has 0 saturated carbocycles. The Kier molecular flexibility index (Phi) is 11.6. The van der Waals surface area contributed by atoms with E-state index in [1.807, 2.05) is 6.92 Å². The van der Waals surface area contributed by atoms with E-state index in [0.717, 1.165) is 32.1 Å². The van der Waals surface area contributed by atoms with Gasteiger partial charge in [-0.3, -0.25) is 0 Å². The summed E-state index contributed by atoms with van der Waals surface area (Å²) in [7, 11) is 0. The monoisotopic (exact) mass is 498 g/mol.